The SMILES string of the molecule is CCc1cc2cc(Cl)ccc2c(=O)o1. The van der Waals surface area contributed by atoms with Gasteiger partial charge < -0.3 is 4.42 Å². The van der Waals surface area contributed by atoms with Gasteiger partial charge in [0.05, 0.1) is 5.39 Å². The Morgan fingerprint density at radius 1 is 1.36 bits per heavy atom. The van der Waals surface area contributed by atoms with Gasteiger partial charge in [-0.2, -0.15) is 0 Å². The Morgan fingerprint density at radius 2 is 2.14 bits per heavy atom. The van der Waals surface area contributed by atoms with E-state index < -0.39 is 0 Å². The van der Waals surface area contributed by atoms with Crippen LogP contribution in [-0.4, -0.2) is 0 Å². The van der Waals surface area contributed by atoms with Crippen LogP contribution in [-0.2, 0) is 6.42 Å². The van der Waals surface area contributed by atoms with Crippen LogP contribution in [0.25, 0.3) is 10.8 Å². The highest BCUT2D eigenvalue weighted by Gasteiger charge is 2.03. The van der Waals surface area contributed by atoms with Crippen molar-refractivity contribution in [1.29, 1.82) is 0 Å². The van der Waals surface area contributed by atoms with E-state index in [1.165, 1.54) is 0 Å². The van der Waals surface area contributed by atoms with Gasteiger partial charge in [-0.05, 0) is 29.7 Å². The summed E-state index contributed by atoms with van der Waals surface area (Å²) in [5.41, 5.74) is -0.295. The molecule has 14 heavy (non-hydrogen) atoms. The van der Waals surface area contributed by atoms with Crippen molar-refractivity contribution in [3.63, 3.8) is 0 Å². The number of benzene rings is 1. The van der Waals surface area contributed by atoms with Crippen molar-refractivity contribution >= 4 is 22.4 Å². The highest BCUT2D eigenvalue weighted by molar-refractivity contribution is 6.31. The summed E-state index contributed by atoms with van der Waals surface area (Å²) in [5.74, 6) is 0.685. The number of aryl methyl sites for hydroxylation is 1. The fourth-order valence-electron chi connectivity index (χ4n) is 1.39. The molecule has 0 amide bonds. The highest BCUT2D eigenvalue weighted by Crippen LogP contribution is 2.17. The monoisotopic (exact) mass is 208 g/mol. The van der Waals surface area contributed by atoms with Crippen LogP contribution in [0.2, 0.25) is 5.02 Å². The minimum Gasteiger partial charge on any atom is -0.427 e. The van der Waals surface area contributed by atoms with Crippen LogP contribution >= 0.6 is 11.6 Å². The van der Waals surface area contributed by atoms with Gasteiger partial charge in [0.1, 0.15) is 5.76 Å². The van der Waals surface area contributed by atoms with Gasteiger partial charge in [-0.1, -0.05) is 18.5 Å². The van der Waals surface area contributed by atoms with Gasteiger partial charge in [0, 0.05) is 11.4 Å². The normalized spacial score (nSPS) is 10.7. The molecular weight excluding hydrogens is 200 g/mol. The molecule has 1 heterocycles. The lowest BCUT2D eigenvalue weighted by Crippen LogP contribution is -2.01. The van der Waals surface area contributed by atoms with Crippen molar-refractivity contribution in [1.82, 2.24) is 0 Å². The molecule has 0 atom stereocenters. The molecule has 0 radical (unpaired) electrons. The molecule has 72 valence electrons. The van der Waals surface area contributed by atoms with Gasteiger partial charge in [0.2, 0.25) is 0 Å². The fourth-order valence-corrected chi connectivity index (χ4v) is 1.57. The molecule has 2 nitrogen and oxygen atoms in total. The Bertz CT molecular complexity index is 528. The molecule has 0 saturated carbocycles. The predicted molar refractivity (Wildman–Crippen MR) is 56.9 cm³/mol. The van der Waals surface area contributed by atoms with Gasteiger partial charge in [0.25, 0.3) is 0 Å². The van der Waals surface area contributed by atoms with Crippen molar-refractivity contribution in [3.05, 3.63) is 45.5 Å². The van der Waals surface area contributed by atoms with E-state index in [0.717, 1.165) is 5.39 Å². The maximum Gasteiger partial charge on any atom is 0.343 e. The number of fused-ring (bicyclic) bond motifs is 1. The van der Waals surface area contributed by atoms with Crippen LogP contribution in [0.3, 0.4) is 0 Å². The van der Waals surface area contributed by atoms with E-state index in [0.29, 0.717) is 22.6 Å². The van der Waals surface area contributed by atoms with Crippen LogP contribution in [0.5, 0.6) is 0 Å². The highest BCUT2D eigenvalue weighted by atomic mass is 35.5. The molecular formula is C11H9ClO2. The van der Waals surface area contributed by atoms with Crippen LogP contribution in [0.15, 0.2) is 33.5 Å². The first-order chi connectivity index (χ1) is 6.70. The number of hydrogen-bond donors (Lipinski definition) is 0. The van der Waals surface area contributed by atoms with Crippen LogP contribution in [0.1, 0.15) is 12.7 Å². The fraction of sp³-hybridized carbons (Fsp3) is 0.182. The van der Waals surface area contributed by atoms with Gasteiger partial charge >= 0.3 is 5.63 Å². The molecule has 0 fully saturated rings. The summed E-state index contributed by atoms with van der Waals surface area (Å²) >= 11 is 5.83. The summed E-state index contributed by atoms with van der Waals surface area (Å²) in [5, 5.41) is 2.04. The van der Waals surface area contributed by atoms with Crippen LogP contribution in [0, 0.1) is 0 Å². The summed E-state index contributed by atoms with van der Waals surface area (Å²) in [6.07, 6.45) is 0.706. The molecule has 2 aromatic rings. The van der Waals surface area contributed by atoms with E-state index >= 15 is 0 Å². The second-order valence-corrected chi connectivity index (χ2v) is 3.52. The minimum atomic E-state index is -0.295. The van der Waals surface area contributed by atoms with E-state index in [1.807, 2.05) is 13.0 Å². The Kier molecular flexibility index (Phi) is 2.30. The molecule has 3 heteroatoms. The smallest absolute Gasteiger partial charge is 0.343 e. The van der Waals surface area contributed by atoms with Gasteiger partial charge in [-0.25, -0.2) is 4.79 Å². The zero-order valence-electron chi connectivity index (χ0n) is 7.71. The molecule has 1 aromatic heterocycles. The largest absolute Gasteiger partial charge is 0.427 e. The second kappa shape index (κ2) is 3.46. The van der Waals surface area contributed by atoms with Crippen molar-refractivity contribution in [2.24, 2.45) is 0 Å². The van der Waals surface area contributed by atoms with Crippen LogP contribution in [0.4, 0.5) is 0 Å². The lowest BCUT2D eigenvalue weighted by atomic mass is 10.1. The Labute approximate surface area is 86.1 Å². The Morgan fingerprint density at radius 3 is 2.86 bits per heavy atom. The van der Waals surface area contributed by atoms with Gasteiger partial charge in [-0.3, -0.25) is 0 Å². The molecule has 0 aliphatic heterocycles. The van der Waals surface area contributed by atoms with Crippen LogP contribution < -0.4 is 5.63 Å². The van der Waals surface area contributed by atoms with E-state index in [9.17, 15) is 4.79 Å². The first-order valence-corrected chi connectivity index (χ1v) is 4.81. The topological polar surface area (TPSA) is 30.2 Å². The third-order valence-corrected chi connectivity index (χ3v) is 2.36. The van der Waals surface area contributed by atoms with Crippen molar-refractivity contribution in [3.8, 4) is 0 Å². The third kappa shape index (κ3) is 1.53. The molecule has 1 aromatic carbocycles. The Hall–Kier alpha value is -1.28. The minimum absolute atomic E-state index is 0.295. The molecule has 0 aliphatic rings. The van der Waals surface area contributed by atoms with Crippen molar-refractivity contribution in [2.75, 3.05) is 0 Å². The standard InChI is InChI=1S/C11H9ClO2/c1-2-9-6-7-5-8(12)3-4-10(7)11(13)14-9/h3-6H,2H2,1H3. The molecule has 0 N–H and O–H groups in total. The van der Waals surface area contributed by atoms with Gasteiger partial charge in [0.15, 0.2) is 0 Å². The zero-order chi connectivity index (χ0) is 10.1. The lowest BCUT2D eigenvalue weighted by molar-refractivity contribution is 0.472. The van der Waals surface area contributed by atoms with Gasteiger partial charge in [-0.15, -0.1) is 0 Å². The summed E-state index contributed by atoms with van der Waals surface area (Å²) < 4.78 is 5.08. The number of halogens is 1. The van der Waals surface area contributed by atoms with E-state index in [4.69, 9.17) is 16.0 Å². The Balaban J connectivity index is 2.84. The number of hydrogen-bond acceptors (Lipinski definition) is 2. The van der Waals surface area contributed by atoms with Crippen molar-refractivity contribution in [2.45, 2.75) is 13.3 Å². The summed E-state index contributed by atoms with van der Waals surface area (Å²) in [6, 6.07) is 6.99. The van der Waals surface area contributed by atoms with E-state index in [1.54, 1.807) is 18.2 Å². The predicted octanol–water partition coefficient (Wildman–Crippen LogP) is 3.01. The second-order valence-electron chi connectivity index (χ2n) is 3.09. The third-order valence-electron chi connectivity index (χ3n) is 2.12. The molecule has 2 rings (SSSR count). The first kappa shape index (κ1) is 9.28. The maximum absolute atomic E-state index is 11.5. The lowest BCUT2D eigenvalue weighted by Gasteiger charge is -1.99. The molecule has 0 spiro atoms. The summed E-state index contributed by atoms with van der Waals surface area (Å²) in [7, 11) is 0. The molecule has 0 aliphatic carbocycles. The maximum atomic E-state index is 11.5. The van der Waals surface area contributed by atoms with Crippen molar-refractivity contribution < 1.29 is 4.42 Å². The molecule has 0 unspecified atom stereocenters. The average molecular weight is 209 g/mol. The summed E-state index contributed by atoms with van der Waals surface area (Å²) in [6.45, 7) is 1.94. The molecule has 0 saturated heterocycles. The first-order valence-electron chi connectivity index (χ1n) is 4.43. The average Bonchev–Trinajstić information content (AvgIpc) is 2.16. The number of rotatable bonds is 1. The molecule has 0 bridgehead atoms. The zero-order valence-corrected chi connectivity index (χ0v) is 8.47. The quantitative estimate of drug-likeness (QED) is 0.721. The van der Waals surface area contributed by atoms with E-state index in [2.05, 4.69) is 0 Å². The van der Waals surface area contributed by atoms with E-state index in [-0.39, 0.29) is 5.63 Å². The summed E-state index contributed by atoms with van der Waals surface area (Å²) in [4.78, 5) is 11.5.